The van der Waals surface area contributed by atoms with Crippen LogP contribution in [-0.4, -0.2) is 78.1 Å². The number of anilines is 2. The van der Waals surface area contributed by atoms with E-state index < -0.39 is 11.9 Å². The van der Waals surface area contributed by atoms with Crippen LogP contribution in [0, 0.1) is 11.3 Å². The summed E-state index contributed by atoms with van der Waals surface area (Å²) in [5.74, 6) is -0.314. The molecule has 14 nitrogen and oxygen atoms in total. The Morgan fingerprint density at radius 2 is 2.00 bits per heavy atom. The molecule has 1 aliphatic rings. The number of imidazole rings is 1. The van der Waals surface area contributed by atoms with Crippen molar-refractivity contribution in [1.29, 1.82) is 5.26 Å². The van der Waals surface area contributed by atoms with E-state index in [1.165, 1.54) is 23.0 Å². The lowest BCUT2D eigenvalue weighted by Crippen LogP contribution is -2.59. The first-order valence-corrected chi connectivity index (χ1v) is 13.1. The monoisotopic (exact) mass is 612 g/mol. The van der Waals surface area contributed by atoms with Gasteiger partial charge in [-0.3, -0.25) is 23.5 Å². The molecule has 44 heavy (non-hydrogen) atoms. The van der Waals surface area contributed by atoms with Crippen molar-refractivity contribution in [3.63, 3.8) is 0 Å². The van der Waals surface area contributed by atoms with E-state index in [1.807, 2.05) is 6.92 Å². The fraction of sp³-hybridized carbons (Fsp3) is 0.296. The highest BCUT2D eigenvalue weighted by Crippen LogP contribution is 2.37. The SMILES string of the molecule is CCc1cc(Nc2nccn3c(-c4cn(CC#N)nc4C(F)(F)F)cnc23)ccc1C(=O)NCC(=O)N1CC(N)C1.O=CO. The van der Waals surface area contributed by atoms with E-state index in [9.17, 15) is 22.8 Å². The third kappa shape index (κ3) is 6.76. The zero-order chi connectivity index (χ0) is 32.0. The Bertz CT molecular complexity index is 1720. The van der Waals surface area contributed by atoms with E-state index in [0.717, 1.165) is 10.9 Å². The van der Waals surface area contributed by atoms with Gasteiger partial charge in [0.15, 0.2) is 17.2 Å². The Labute approximate surface area is 247 Å². The fourth-order valence-corrected chi connectivity index (χ4v) is 4.58. The molecule has 0 bridgehead atoms. The fourth-order valence-electron chi connectivity index (χ4n) is 4.58. The summed E-state index contributed by atoms with van der Waals surface area (Å²) >= 11 is 0. The highest BCUT2D eigenvalue weighted by Gasteiger charge is 2.38. The number of hydrogen-bond donors (Lipinski definition) is 4. The van der Waals surface area contributed by atoms with Gasteiger partial charge in [-0.1, -0.05) is 6.92 Å². The number of carbonyl (C=O) groups is 3. The summed E-state index contributed by atoms with van der Waals surface area (Å²) in [7, 11) is 0. The van der Waals surface area contributed by atoms with Gasteiger partial charge in [0, 0.05) is 49.0 Å². The van der Waals surface area contributed by atoms with Gasteiger partial charge in [-0.15, -0.1) is 0 Å². The molecule has 1 fully saturated rings. The number of rotatable bonds is 8. The maximum absolute atomic E-state index is 13.7. The van der Waals surface area contributed by atoms with E-state index in [4.69, 9.17) is 20.9 Å². The highest BCUT2D eigenvalue weighted by atomic mass is 19.4. The number of likely N-dealkylation sites (tertiary alicyclic amines) is 1. The van der Waals surface area contributed by atoms with Crippen LogP contribution in [0.4, 0.5) is 24.7 Å². The van der Waals surface area contributed by atoms with Crippen molar-refractivity contribution < 1.29 is 32.7 Å². The van der Waals surface area contributed by atoms with Crippen molar-refractivity contribution >= 4 is 35.4 Å². The molecule has 2 amide bonds. The van der Waals surface area contributed by atoms with Gasteiger partial charge in [0.05, 0.1) is 30.1 Å². The van der Waals surface area contributed by atoms with Crippen molar-refractivity contribution in [2.45, 2.75) is 32.1 Å². The summed E-state index contributed by atoms with van der Waals surface area (Å²) in [5.41, 5.74) is 6.43. The van der Waals surface area contributed by atoms with E-state index in [2.05, 4.69) is 25.7 Å². The summed E-state index contributed by atoms with van der Waals surface area (Å²) in [4.78, 5) is 43.5. The van der Waals surface area contributed by atoms with Crippen LogP contribution in [0.1, 0.15) is 28.5 Å². The molecule has 17 heteroatoms. The normalized spacial score (nSPS) is 13.0. The average molecular weight is 613 g/mol. The number of amides is 2. The number of carboxylic acid groups (broad SMARTS) is 1. The van der Waals surface area contributed by atoms with Crippen molar-refractivity contribution in [3.8, 4) is 17.3 Å². The zero-order valence-corrected chi connectivity index (χ0v) is 23.2. The Balaban J connectivity index is 0.00000141. The van der Waals surface area contributed by atoms with E-state index in [-0.39, 0.29) is 60.1 Å². The summed E-state index contributed by atoms with van der Waals surface area (Å²) in [6.07, 6.45) is 1.11. The van der Waals surface area contributed by atoms with Crippen molar-refractivity contribution in [2.75, 3.05) is 25.0 Å². The molecule has 0 aliphatic carbocycles. The van der Waals surface area contributed by atoms with Crippen molar-refractivity contribution in [1.82, 2.24) is 34.4 Å². The van der Waals surface area contributed by atoms with Crippen LogP contribution in [-0.2, 0) is 28.7 Å². The summed E-state index contributed by atoms with van der Waals surface area (Å²) in [5, 5.41) is 25.1. The molecule has 0 atom stereocenters. The van der Waals surface area contributed by atoms with Gasteiger partial charge in [-0.25, -0.2) is 9.97 Å². The molecule has 1 saturated heterocycles. The van der Waals surface area contributed by atoms with Gasteiger partial charge in [0.25, 0.3) is 12.4 Å². The van der Waals surface area contributed by atoms with Crippen LogP contribution in [0.5, 0.6) is 0 Å². The number of hydrogen-bond acceptors (Lipinski definition) is 9. The topological polar surface area (TPSA) is 197 Å². The Morgan fingerprint density at radius 1 is 1.27 bits per heavy atom. The Morgan fingerprint density at radius 3 is 2.64 bits per heavy atom. The number of nitrogens with zero attached hydrogens (tertiary/aromatic N) is 7. The van der Waals surface area contributed by atoms with Crippen LogP contribution >= 0.6 is 0 Å². The number of alkyl halides is 3. The van der Waals surface area contributed by atoms with E-state index in [0.29, 0.717) is 36.3 Å². The minimum atomic E-state index is -4.74. The Kier molecular flexibility index (Phi) is 9.44. The third-order valence-electron chi connectivity index (χ3n) is 6.62. The smallest absolute Gasteiger partial charge is 0.435 e. The molecule has 0 radical (unpaired) electrons. The van der Waals surface area contributed by atoms with E-state index >= 15 is 0 Å². The number of aryl methyl sites for hydroxylation is 1. The first kappa shape index (κ1) is 31.4. The lowest BCUT2D eigenvalue weighted by Gasteiger charge is -2.36. The predicted octanol–water partition coefficient (Wildman–Crippen LogP) is 2.04. The van der Waals surface area contributed by atoms with E-state index in [1.54, 1.807) is 29.2 Å². The number of fused-ring (bicyclic) bond motifs is 1. The van der Waals surface area contributed by atoms with Gasteiger partial charge in [0.1, 0.15) is 6.54 Å². The quantitative estimate of drug-likeness (QED) is 0.214. The molecule has 1 aromatic carbocycles. The average Bonchev–Trinajstić information content (AvgIpc) is 3.59. The lowest BCUT2D eigenvalue weighted by molar-refractivity contribution is -0.141. The first-order valence-electron chi connectivity index (χ1n) is 13.1. The van der Waals surface area contributed by atoms with Gasteiger partial charge in [-0.2, -0.15) is 23.5 Å². The van der Waals surface area contributed by atoms with Gasteiger partial charge >= 0.3 is 6.18 Å². The molecular weight excluding hydrogens is 585 g/mol. The van der Waals surface area contributed by atoms with Gasteiger partial charge in [0.2, 0.25) is 5.91 Å². The van der Waals surface area contributed by atoms with Gasteiger partial charge in [-0.05, 0) is 30.2 Å². The molecule has 4 aromatic rings. The minimum Gasteiger partial charge on any atom is -0.483 e. The summed E-state index contributed by atoms with van der Waals surface area (Å²) in [6.45, 7) is 2.11. The second-order valence-electron chi connectivity index (χ2n) is 9.56. The summed E-state index contributed by atoms with van der Waals surface area (Å²) < 4.78 is 43.5. The molecule has 0 saturated carbocycles. The summed E-state index contributed by atoms with van der Waals surface area (Å²) in [6, 6.07) is 6.79. The number of carbonyl (C=O) groups excluding carboxylic acids is 2. The van der Waals surface area contributed by atoms with Crippen LogP contribution in [0.3, 0.4) is 0 Å². The zero-order valence-electron chi connectivity index (χ0n) is 23.2. The van der Waals surface area contributed by atoms with Gasteiger partial charge < -0.3 is 26.4 Å². The number of benzene rings is 1. The van der Waals surface area contributed by atoms with Crippen LogP contribution in [0.15, 0.2) is 43.0 Å². The largest absolute Gasteiger partial charge is 0.483 e. The minimum absolute atomic E-state index is 0.0268. The molecule has 0 unspecified atom stereocenters. The Hall–Kier alpha value is -5.50. The molecule has 5 rings (SSSR count). The second-order valence-corrected chi connectivity index (χ2v) is 9.56. The maximum atomic E-state index is 13.7. The van der Waals surface area contributed by atoms with Crippen molar-refractivity contribution in [3.05, 3.63) is 59.8 Å². The number of aromatic nitrogens is 5. The third-order valence-corrected chi connectivity index (χ3v) is 6.62. The molecule has 4 heterocycles. The standard InChI is InChI=1S/C26H25F3N10O2.CH2O2/c1-2-15-9-17(3-4-18(15)25(41)34-11-21(40)37-12-16(31)13-37)35-23-24-33-10-20(39(24)8-6-32-23)19-14-38(7-5-30)36-22(19)26(27,28)29;2-1-3/h3-4,6,8-10,14,16H,2,7,11-13,31H2,1H3,(H,32,35)(H,34,41);1H,(H,2,3). The highest BCUT2D eigenvalue weighted by molar-refractivity contribution is 5.98. The second kappa shape index (κ2) is 13.2. The van der Waals surface area contributed by atoms with Crippen LogP contribution < -0.4 is 16.4 Å². The van der Waals surface area contributed by atoms with Crippen LogP contribution in [0.25, 0.3) is 16.9 Å². The lowest BCUT2D eigenvalue weighted by atomic mass is 10.0. The predicted molar refractivity (Wildman–Crippen MR) is 150 cm³/mol. The maximum Gasteiger partial charge on any atom is 0.435 e. The molecule has 230 valence electrons. The number of nitrogens with one attached hydrogen (secondary N) is 2. The molecule has 3 aromatic heterocycles. The molecule has 0 spiro atoms. The molecular formula is C27H27F3N10O4. The van der Waals surface area contributed by atoms with Crippen molar-refractivity contribution in [2.24, 2.45) is 5.73 Å². The van der Waals surface area contributed by atoms with Crippen LogP contribution in [0.2, 0.25) is 0 Å². The molecule has 5 N–H and O–H groups in total. The number of halogens is 3. The molecule has 1 aliphatic heterocycles. The first-order chi connectivity index (χ1) is 21.0. The number of nitrogens with two attached hydrogens (primary N) is 1. The number of nitriles is 1.